The van der Waals surface area contributed by atoms with Gasteiger partial charge in [0.15, 0.2) is 0 Å². The summed E-state index contributed by atoms with van der Waals surface area (Å²) in [7, 11) is -3.47. The number of hydrogen-bond acceptors (Lipinski definition) is 3. The number of nitrogens with zero attached hydrogens (tertiary/aromatic N) is 1. The van der Waals surface area contributed by atoms with Crippen LogP contribution in [0.25, 0.3) is 22.2 Å². The Morgan fingerprint density at radius 3 is 2.54 bits per heavy atom. The standard InChI is InChI=1S/C20H23N3O2S/c1-14-13-19-18(11-12-21-20(19)22-14)15-7-9-17(10-8-15)26(24,25)23-16-5-3-2-4-6-16/h7-13,16,23H,2-6H2,1H3,(H,21,22). The first-order valence-electron chi connectivity index (χ1n) is 9.10. The molecule has 2 heterocycles. The van der Waals surface area contributed by atoms with Crippen LogP contribution >= 0.6 is 0 Å². The molecule has 0 amide bonds. The van der Waals surface area contributed by atoms with Gasteiger partial charge in [0.1, 0.15) is 5.65 Å². The zero-order valence-corrected chi connectivity index (χ0v) is 15.6. The van der Waals surface area contributed by atoms with E-state index in [0.29, 0.717) is 4.90 Å². The largest absolute Gasteiger partial charge is 0.344 e. The Hall–Kier alpha value is -2.18. The van der Waals surface area contributed by atoms with E-state index >= 15 is 0 Å². The molecule has 4 rings (SSSR count). The van der Waals surface area contributed by atoms with Gasteiger partial charge in [-0.05, 0) is 55.2 Å². The van der Waals surface area contributed by atoms with Gasteiger partial charge >= 0.3 is 0 Å². The number of benzene rings is 1. The van der Waals surface area contributed by atoms with Crippen LogP contribution in [0.3, 0.4) is 0 Å². The molecular formula is C20H23N3O2S. The lowest BCUT2D eigenvalue weighted by Gasteiger charge is -2.22. The van der Waals surface area contributed by atoms with E-state index in [-0.39, 0.29) is 6.04 Å². The third-order valence-electron chi connectivity index (χ3n) is 5.07. The van der Waals surface area contributed by atoms with Crippen molar-refractivity contribution in [3.63, 3.8) is 0 Å². The van der Waals surface area contributed by atoms with Gasteiger partial charge in [-0.25, -0.2) is 18.1 Å². The van der Waals surface area contributed by atoms with Crippen LogP contribution in [0.5, 0.6) is 0 Å². The highest BCUT2D eigenvalue weighted by Crippen LogP contribution is 2.29. The lowest BCUT2D eigenvalue weighted by Crippen LogP contribution is -2.36. The molecule has 136 valence electrons. The van der Waals surface area contributed by atoms with E-state index in [9.17, 15) is 8.42 Å². The summed E-state index contributed by atoms with van der Waals surface area (Å²) in [5.74, 6) is 0. The van der Waals surface area contributed by atoms with Gasteiger partial charge in [-0.15, -0.1) is 0 Å². The molecule has 0 aliphatic heterocycles. The zero-order valence-electron chi connectivity index (χ0n) is 14.8. The van der Waals surface area contributed by atoms with Gasteiger partial charge in [0.05, 0.1) is 4.90 Å². The summed E-state index contributed by atoms with van der Waals surface area (Å²) in [6, 6.07) is 11.2. The summed E-state index contributed by atoms with van der Waals surface area (Å²) >= 11 is 0. The summed E-state index contributed by atoms with van der Waals surface area (Å²) in [4.78, 5) is 7.90. The van der Waals surface area contributed by atoms with Gasteiger partial charge in [0.25, 0.3) is 0 Å². The third kappa shape index (κ3) is 3.39. The lowest BCUT2D eigenvalue weighted by molar-refractivity contribution is 0.412. The van der Waals surface area contributed by atoms with Crippen molar-refractivity contribution in [2.75, 3.05) is 0 Å². The second-order valence-corrected chi connectivity index (χ2v) is 8.77. The Balaban J connectivity index is 1.61. The maximum Gasteiger partial charge on any atom is 0.240 e. The molecule has 1 saturated carbocycles. The van der Waals surface area contributed by atoms with Gasteiger partial charge in [0, 0.05) is 23.3 Å². The molecule has 0 atom stereocenters. The second kappa shape index (κ2) is 6.85. The van der Waals surface area contributed by atoms with Gasteiger partial charge in [0.2, 0.25) is 10.0 Å². The number of pyridine rings is 1. The van der Waals surface area contributed by atoms with Crippen molar-refractivity contribution in [2.24, 2.45) is 0 Å². The van der Waals surface area contributed by atoms with Crippen LogP contribution in [0.4, 0.5) is 0 Å². The number of H-pyrrole nitrogens is 1. The molecule has 0 unspecified atom stereocenters. The van der Waals surface area contributed by atoms with Crippen LogP contribution in [0, 0.1) is 6.92 Å². The SMILES string of the molecule is Cc1cc2c(-c3ccc(S(=O)(=O)NC4CCCCC4)cc3)ccnc2[nH]1. The van der Waals surface area contributed by atoms with E-state index in [4.69, 9.17) is 0 Å². The maximum absolute atomic E-state index is 12.6. The van der Waals surface area contributed by atoms with Crippen molar-refractivity contribution in [1.82, 2.24) is 14.7 Å². The molecule has 0 radical (unpaired) electrons. The second-order valence-electron chi connectivity index (χ2n) is 7.05. The average molecular weight is 369 g/mol. The Bertz CT molecular complexity index is 1020. The van der Waals surface area contributed by atoms with Gasteiger partial charge in [-0.2, -0.15) is 0 Å². The minimum atomic E-state index is -3.47. The van der Waals surface area contributed by atoms with Crippen LogP contribution in [0.1, 0.15) is 37.8 Å². The molecule has 2 aromatic heterocycles. The van der Waals surface area contributed by atoms with Crippen LogP contribution in [0.15, 0.2) is 47.5 Å². The number of aryl methyl sites for hydroxylation is 1. The first-order chi connectivity index (χ1) is 12.5. The normalized spacial score (nSPS) is 16.2. The van der Waals surface area contributed by atoms with Crippen molar-refractivity contribution in [2.45, 2.75) is 50.0 Å². The van der Waals surface area contributed by atoms with E-state index in [0.717, 1.165) is 53.5 Å². The highest BCUT2D eigenvalue weighted by atomic mass is 32.2. The maximum atomic E-state index is 12.6. The van der Waals surface area contributed by atoms with Crippen LogP contribution in [0.2, 0.25) is 0 Å². The lowest BCUT2D eigenvalue weighted by atomic mass is 9.96. The predicted octanol–water partition coefficient (Wildman–Crippen LogP) is 4.15. The highest BCUT2D eigenvalue weighted by Gasteiger charge is 2.21. The summed E-state index contributed by atoms with van der Waals surface area (Å²) in [6.07, 6.45) is 7.02. The third-order valence-corrected chi connectivity index (χ3v) is 6.61. The number of sulfonamides is 1. The molecule has 26 heavy (non-hydrogen) atoms. The Morgan fingerprint density at radius 1 is 1.08 bits per heavy atom. The molecule has 0 saturated heterocycles. The van der Waals surface area contributed by atoms with Crippen molar-refractivity contribution < 1.29 is 8.42 Å². The fourth-order valence-electron chi connectivity index (χ4n) is 3.73. The number of fused-ring (bicyclic) bond motifs is 1. The Labute approximate surface area is 153 Å². The molecule has 1 aromatic carbocycles. The zero-order chi connectivity index (χ0) is 18.1. The van der Waals surface area contributed by atoms with Gasteiger partial charge in [-0.3, -0.25) is 0 Å². The number of aromatic amines is 1. The average Bonchev–Trinajstić information content (AvgIpc) is 3.02. The molecule has 6 heteroatoms. The number of hydrogen-bond donors (Lipinski definition) is 2. The van der Waals surface area contributed by atoms with Crippen molar-refractivity contribution in [3.05, 3.63) is 48.3 Å². The molecule has 0 bridgehead atoms. The fraction of sp³-hybridized carbons (Fsp3) is 0.350. The predicted molar refractivity (Wildman–Crippen MR) is 103 cm³/mol. The van der Waals surface area contributed by atoms with Crippen molar-refractivity contribution in [1.29, 1.82) is 0 Å². The quantitative estimate of drug-likeness (QED) is 0.725. The van der Waals surface area contributed by atoms with E-state index in [2.05, 4.69) is 20.8 Å². The first kappa shape index (κ1) is 17.2. The summed E-state index contributed by atoms with van der Waals surface area (Å²) in [5, 5.41) is 1.04. The van der Waals surface area contributed by atoms with E-state index in [1.807, 2.05) is 25.1 Å². The topological polar surface area (TPSA) is 74.8 Å². The van der Waals surface area contributed by atoms with Gasteiger partial charge in [-0.1, -0.05) is 31.4 Å². The molecule has 2 N–H and O–H groups in total. The number of nitrogens with one attached hydrogen (secondary N) is 2. The molecule has 1 aliphatic rings. The van der Waals surface area contributed by atoms with Crippen molar-refractivity contribution >= 4 is 21.1 Å². The van der Waals surface area contributed by atoms with E-state index in [1.54, 1.807) is 18.3 Å². The number of rotatable bonds is 4. The summed E-state index contributed by atoms with van der Waals surface area (Å²) in [6.45, 7) is 2.00. The van der Waals surface area contributed by atoms with E-state index < -0.39 is 10.0 Å². The molecule has 1 fully saturated rings. The monoisotopic (exact) mass is 369 g/mol. The summed E-state index contributed by atoms with van der Waals surface area (Å²) in [5.41, 5.74) is 3.92. The van der Waals surface area contributed by atoms with Crippen LogP contribution in [-0.4, -0.2) is 24.4 Å². The first-order valence-corrected chi connectivity index (χ1v) is 10.6. The Morgan fingerprint density at radius 2 is 1.81 bits per heavy atom. The smallest absolute Gasteiger partial charge is 0.240 e. The molecular weight excluding hydrogens is 346 g/mol. The van der Waals surface area contributed by atoms with Crippen LogP contribution < -0.4 is 4.72 Å². The van der Waals surface area contributed by atoms with E-state index in [1.165, 1.54) is 6.42 Å². The molecule has 1 aliphatic carbocycles. The minimum Gasteiger partial charge on any atom is -0.344 e. The number of aromatic nitrogens is 2. The minimum absolute atomic E-state index is 0.0658. The highest BCUT2D eigenvalue weighted by molar-refractivity contribution is 7.89. The van der Waals surface area contributed by atoms with Crippen LogP contribution in [-0.2, 0) is 10.0 Å². The molecule has 0 spiro atoms. The summed E-state index contributed by atoms with van der Waals surface area (Å²) < 4.78 is 28.1. The fourth-order valence-corrected chi connectivity index (χ4v) is 5.04. The Kier molecular flexibility index (Phi) is 4.54. The molecule has 3 aromatic rings. The molecule has 5 nitrogen and oxygen atoms in total. The van der Waals surface area contributed by atoms with Crippen molar-refractivity contribution in [3.8, 4) is 11.1 Å². The van der Waals surface area contributed by atoms with Gasteiger partial charge < -0.3 is 4.98 Å².